The number of methoxy groups -OCH3 is 1. The van der Waals surface area contributed by atoms with Crippen LogP contribution in [0.15, 0.2) is 24.3 Å². The standard InChI is InChI=1S/C15H25NO/c1-4-8-14(16-5-2)12-11-13-9-6-7-10-15(13)17-3/h6-7,9-10,14,16H,4-5,8,11-12H2,1-3H3. The first-order valence-electron chi connectivity index (χ1n) is 6.67. The van der Waals surface area contributed by atoms with E-state index in [-0.39, 0.29) is 0 Å². The average molecular weight is 235 g/mol. The van der Waals surface area contributed by atoms with Crippen LogP contribution in [0.2, 0.25) is 0 Å². The third-order valence-electron chi connectivity index (χ3n) is 3.08. The van der Waals surface area contributed by atoms with Crippen molar-refractivity contribution in [1.29, 1.82) is 0 Å². The number of rotatable bonds is 8. The zero-order chi connectivity index (χ0) is 12.5. The monoisotopic (exact) mass is 235 g/mol. The molecule has 1 atom stereocenters. The molecule has 0 spiro atoms. The fourth-order valence-corrected chi connectivity index (χ4v) is 2.22. The summed E-state index contributed by atoms with van der Waals surface area (Å²) >= 11 is 0. The van der Waals surface area contributed by atoms with Gasteiger partial charge in [0.2, 0.25) is 0 Å². The minimum atomic E-state index is 0.634. The molecule has 1 aromatic carbocycles. The van der Waals surface area contributed by atoms with Crippen LogP contribution in [-0.4, -0.2) is 19.7 Å². The van der Waals surface area contributed by atoms with Gasteiger partial charge < -0.3 is 10.1 Å². The summed E-state index contributed by atoms with van der Waals surface area (Å²) in [6, 6.07) is 8.94. The van der Waals surface area contributed by atoms with Crippen LogP contribution in [0, 0.1) is 0 Å². The maximum Gasteiger partial charge on any atom is 0.122 e. The second-order valence-corrected chi connectivity index (χ2v) is 4.39. The van der Waals surface area contributed by atoms with Gasteiger partial charge in [0.15, 0.2) is 0 Å². The molecular weight excluding hydrogens is 210 g/mol. The highest BCUT2D eigenvalue weighted by molar-refractivity contribution is 5.33. The van der Waals surface area contributed by atoms with Crippen LogP contribution in [0.4, 0.5) is 0 Å². The molecule has 0 saturated heterocycles. The third-order valence-corrected chi connectivity index (χ3v) is 3.08. The van der Waals surface area contributed by atoms with E-state index in [9.17, 15) is 0 Å². The minimum Gasteiger partial charge on any atom is -0.496 e. The largest absolute Gasteiger partial charge is 0.496 e. The minimum absolute atomic E-state index is 0.634. The summed E-state index contributed by atoms with van der Waals surface area (Å²) in [7, 11) is 1.74. The lowest BCUT2D eigenvalue weighted by Gasteiger charge is -2.17. The summed E-state index contributed by atoms with van der Waals surface area (Å²) in [5.74, 6) is 1.01. The van der Waals surface area contributed by atoms with Crippen molar-refractivity contribution < 1.29 is 4.74 Å². The first-order valence-corrected chi connectivity index (χ1v) is 6.67. The molecule has 0 aliphatic rings. The molecule has 0 saturated carbocycles. The Hall–Kier alpha value is -1.02. The first kappa shape index (κ1) is 14.0. The molecule has 2 nitrogen and oxygen atoms in total. The maximum atomic E-state index is 5.38. The summed E-state index contributed by atoms with van der Waals surface area (Å²) in [5.41, 5.74) is 1.31. The van der Waals surface area contributed by atoms with Crippen molar-refractivity contribution in [2.45, 2.75) is 45.6 Å². The van der Waals surface area contributed by atoms with E-state index in [1.165, 1.54) is 24.8 Å². The Morgan fingerprint density at radius 1 is 1.18 bits per heavy atom. The number of para-hydroxylation sites is 1. The van der Waals surface area contributed by atoms with Crippen LogP contribution in [-0.2, 0) is 6.42 Å². The molecule has 0 heterocycles. The van der Waals surface area contributed by atoms with E-state index in [0.717, 1.165) is 18.7 Å². The van der Waals surface area contributed by atoms with E-state index in [2.05, 4.69) is 31.3 Å². The van der Waals surface area contributed by atoms with Crippen molar-refractivity contribution in [3.63, 3.8) is 0 Å². The lowest BCUT2D eigenvalue weighted by atomic mass is 10.0. The molecule has 1 rings (SSSR count). The average Bonchev–Trinajstić information content (AvgIpc) is 2.37. The number of benzene rings is 1. The number of nitrogens with one attached hydrogen (secondary N) is 1. The molecule has 0 aromatic heterocycles. The van der Waals surface area contributed by atoms with Crippen molar-refractivity contribution in [3.8, 4) is 5.75 Å². The molecule has 1 aromatic rings. The second kappa shape index (κ2) is 8.13. The molecule has 0 amide bonds. The van der Waals surface area contributed by atoms with Crippen LogP contribution in [0.5, 0.6) is 5.75 Å². The quantitative estimate of drug-likeness (QED) is 0.745. The van der Waals surface area contributed by atoms with Crippen LogP contribution in [0.25, 0.3) is 0 Å². The van der Waals surface area contributed by atoms with E-state index < -0.39 is 0 Å². The lowest BCUT2D eigenvalue weighted by molar-refractivity contribution is 0.404. The van der Waals surface area contributed by atoms with Crippen molar-refractivity contribution in [2.75, 3.05) is 13.7 Å². The summed E-state index contributed by atoms with van der Waals surface area (Å²) < 4.78 is 5.38. The van der Waals surface area contributed by atoms with E-state index in [1.807, 2.05) is 12.1 Å². The Balaban J connectivity index is 2.52. The predicted octanol–water partition coefficient (Wildman–Crippen LogP) is 3.41. The molecule has 2 heteroatoms. The molecule has 0 bridgehead atoms. The van der Waals surface area contributed by atoms with Gasteiger partial charge in [-0.1, -0.05) is 38.5 Å². The fraction of sp³-hybridized carbons (Fsp3) is 0.600. The number of ether oxygens (including phenoxy) is 1. The smallest absolute Gasteiger partial charge is 0.122 e. The van der Waals surface area contributed by atoms with Gasteiger partial charge in [0.05, 0.1) is 7.11 Å². The highest BCUT2D eigenvalue weighted by Crippen LogP contribution is 2.20. The van der Waals surface area contributed by atoms with Gasteiger partial charge in [0.1, 0.15) is 5.75 Å². The second-order valence-electron chi connectivity index (χ2n) is 4.39. The van der Waals surface area contributed by atoms with Gasteiger partial charge >= 0.3 is 0 Å². The van der Waals surface area contributed by atoms with E-state index in [0.29, 0.717) is 6.04 Å². The topological polar surface area (TPSA) is 21.3 Å². The van der Waals surface area contributed by atoms with Gasteiger partial charge in [-0.05, 0) is 37.4 Å². The van der Waals surface area contributed by atoms with Crippen molar-refractivity contribution in [2.24, 2.45) is 0 Å². The Labute approximate surface area is 105 Å². The molecule has 96 valence electrons. The van der Waals surface area contributed by atoms with E-state index in [4.69, 9.17) is 4.74 Å². The number of aryl methyl sites for hydroxylation is 1. The zero-order valence-electron chi connectivity index (χ0n) is 11.3. The Morgan fingerprint density at radius 3 is 2.59 bits per heavy atom. The zero-order valence-corrected chi connectivity index (χ0v) is 11.3. The van der Waals surface area contributed by atoms with Gasteiger partial charge in [-0.2, -0.15) is 0 Å². The van der Waals surface area contributed by atoms with Crippen molar-refractivity contribution in [3.05, 3.63) is 29.8 Å². The third kappa shape index (κ3) is 4.78. The molecule has 0 aliphatic carbocycles. The van der Waals surface area contributed by atoms with Gasteiger partial charge in [-0.3, -0.25) is 0 Å². The Bertz CT molecular complexity index is 306. The number of hydrogen-bond acceptors (Lipinski definition) is 2. The van der Waals surface area contributed by atoms with Gasteiger partial charge in [-0.15, -0.1) is 0 Å². The molecule has 0 fully saturated rings. The molecule has 0 aliphatic heterocycles. The maximum absolute atomic E-state index is 5.38. The van der Waals surface area contributed by atoms with E-state index >= 15 is 0 Å². The number of hydrogen-bond donors (Lipinski definition) is 1. The molecule has 1 unspecified atom stereocenters. The van der Waals surface area contributed by atoms with Crippen LogP contribution >= 0.6 is 0 Å². The van der Waals surface area contributed by atoms with Crippen molar-refractivity contribution >= 4 is 0 Å². The first-order chi connectivity index (χ1) is 8.31. The van der Waals surface area contributed by atoms with Gasteiger partial charge in [0.25, 0.3) is 0 Å². The molecule has 1 N–H and O–H groups in total. The highest BCUT2D eigenvalue weighted by atomic mass is 16.5. The lowest BCUT2D eigenvalue weighted by Crippen LogP contribution is -2.29. The normalized spacial score (nSPS) is 12.4. The van der Waals surface area contributed by atoms with Crippen LogP contribution < -0.4 is 10.1 Å². The summed E-state index contributed by atoms with van der Waals surface area (Å²) in [6.07, 6.45) is 4.76. The molecule has 17 heavy (non-hydrogen) atoms. The van der Waals surface area contributed by atoms with Gasteiger partial charge in [0, 0.05) is 6.04 Å². The van der Waals surface area contributed by atoms with Crippen LogP contribution in [0.3, 0.4) is 0 Å². The SMILES string of the molecule is CCCC(CCc1ccccc1OC)NCC. The Morgan fingerprint density at radius 2 is 1.94 bits per heavy atom. The highest BCUT2D eigenvalue weighted by Gasteiger charge is 2.08. The molecular formula is C15H25NO. The predicted molar refractivity (Wildman–Crippen MR) is 73.7 cm³/mol. The molecule has 0 radical (unpaired) electrons. The fourth-order valence-electron chi connectivity index (χ4n) is 2.22. The van der Waals surface area contributed by atoms with E-state index in [1.54, 1.807) is 7.11 Å². The van der Waals surface area contributed by atoms with Crippen LogP contribution in [0.1, 0.15) is 38.7 Å². The van der Waals surface area contributed by atoms with Crippen molar-refractivity contribution in [1.82, 2.24) is 5.32 Å². The summed E-state index contributed by atoms with van der Waals surface area (Å²) in [5, 5.41) is 3.55. The van der Waals surface area contributed by atoms with Gasteiger partial charge in [-0.25, -0.2) is 0 Å². The summed E-state index contributed by atoms with van der Waals surface area (Å²) in [4.78, 5) is 0. The summed E-state index contributed by atoms with van der Waals surface area (Å²) in [6.45, 7) is 5.47. The Kier molecular flexibility index (Phi) is 6.71.